The van der Waals surface area contributed by atoms with Crippen molar-refractivity contribution in [2.45, 2.75) is 12.5 Å². The van der Waals surface area contributed by atoms with Crippen molar-refractivity contribution < 1.29 is 30.4 Å². The number of sulfonamides is 1. The van der Waals surface area contributed by atoms with E-state index >= 15 is 0 Å². The Morgan fingerprint density at radius 2 is 1.84 bits per heavy atom. The Bertz CT molecular complexity index is 1160. The van der Waals surface area contributed by atoms with Crippen LogP contribution in [0.15, 0.2) is 35.0 Å². The molecule has 1 unspecified atom stereocenters. The lowest BCUT2D eigenvalue weighted by Gasteiger charge is -2.24. The van der Waals surface area contributed by atoms with Crippen molar-refractivity contribution >= 4 is 16.0 Å². The molecule has 0 aliphatic rings. The van der Waals surface area contributed by atoms with Crippen LogP contribution in [-0.2, 0) is 10.0 Å². The van der Waals surface area contributed by atoms with Crippen LogP contribution < -0.4 is 5.32 Å². The van der Waals surface area contributed by atoms with E-state index in [1.54, 1.807) is 0 Å². The zero-order valence-corrected chi connectivity index (χ0v) is 16.9. The largest absolute Gasteiger partial charge is 0.415 e. The van der Waals surface area contributed by atoms with Gasteiger partial charge in [0.1, 0.15) is 11.6 Å². The summed E-state index contributed by atoms with van der Waals surface area (Å²) in [7, 11) is -2.30. The van der Waals surface area contributed by atoms with Gasteiger partial charge in [-0.3, -0.25) is 0 Å². The molecular weight excluding hydrogens is 444 g/mol. The SMILES string of the molecule is CN(CC(Nc1ncc(-c2nnc(C(F)F)o2)cn1)c1ccc(F)cc1F)S(C)(=O)=O. The van der Waals surface area contributed by atoms with Crippen molar-refractivity contribution in [1.29, 1.82) is 0 Å². The molecular formula is C17H16F4N6O3S. The average molecular weight is 460 g/mol. The van der Waals surface area contributed by atoms with Crippen molar-refractivity contribution in [3.63, 3.8) is 0 Å². The van der Waals surface area contributed by atoms with Crippen molar-refractivity contribution in [3.8, 4) is 11.5 Å². The van der Waals surface area contributed by atoms with Crippen molar-refractivity contribution in [1.82, 2.24) is 24.5 Å². The van der Waals surface area contributed by atoms with Crippen LogP contribution in [0.2, 0.25) is 0 Å². The van der Waals surface area contributed by atoms with Crippen LogP contribution in [-0.4, -0.2) is 52.7 Å². The highest BCUT2D eigenvalue weighted by Crippen LogP contribution is 2.25. The first-order valence-corrected chi connectivity index (χ1v) is 10.5. The normalized spacial score (nSPS) is 13.0. The lowest BCUT2D eigenvalue weighted by molar-refractivity contribution is 0.116. The Morgan fingerprint density at radius 3 is 2.39 bits per heavy atom. The molecule has 0 aliphatic carbocycles. The summed E-state index contributed by atoms with van der Waals surface area (Å²) >= 11 is 0. The number of nitrogens with one attached hydrogen (secondary N) is 1. The molecule has 1 N–H and O–H groups in total. The minimum atomic E-state index is -3.60. The molecule has 14 heteroatoms. The number of anilines is 1. The van der Waals surface area contributed by atoms with E-state index in [2.05, 4.69) is 25.5 Å². The predicted molar refractivity (Wildman–Crippen MR) is 100 cm³/mol. The molecule has 0 amide bonds. The molecule has 0 bridgehead atoms. The van der Waals surface area contributed by atoms with E-state index in [0.717, 1.165) is 16.6 Å². The summed E-state index contributed by atoms with van der Waals surface area (Å²) in [5.41, 5.74) is 0.144. The van der Waals surface area contributed by atoms with E-state index in [-0.39, 0.29) is 29.5 Å². The first-order valence-electron chi connectivity index (χ1n) is 8.61. The quantitative estimate of drug-likeness (QED) is 0.511. The third-order valence-corrected chi connectivity index (χ3v) is 5.45. The second kappa shape index (κ2) is 8.93. The average Bonchev–Trinajstić information content (AvgIpc) is 3.18. The second-order valence-electron chi connectivity index (χ2n) is 6.45. The van der Waals surface area contributed by atoms with Crippen molar-refractivity contribution in [2.24, 2.45) is 0 Å². The van der Waals surface area contributed by atoms with Crippen LogP contribution in [0.5, 0.6) is 0 Å². The number of aromatic nitrogens is 4. The van der Waals surface area contributed by atoms with Gasteiger partial charge in [-0.2, -0.15) is 8.78 Å². The highest BCUT2D eigenvalue weighted by molar-refractivity contribution is 7.88. The molecule has 3 aromatic rings. The molecule has 2 heterocycles. The van der Waals surface area contributed by atoms with Crippen LogP contribution in [0.1, 0.15) is 23.9 Å². The van der Waals surface area contributed by atoms with E-state index in [9.17, 15) is 26.0 Å². The van der Waals surface area contributed by atoms with E-state index in [4.69, 9.17) is 4.42 Å². The number of likely N-dealkylation sites (N-methyl/N-ethyl adjacent to an activating group) is 1. The molecule has 0 saturated heterocycles. The molecule has 0 radical (unpaired) electrons. The summed E-state index contributed by atoms with van der Waals surface area (Å²) in [6.45, 7) is -0.214. The van der Waals surface area contributed by atoms with Gasteiger partial charge in [-0.25, -0.2) is 31.5 Å². The standard InChI is InChI=1S/C17H16F4N6O3S/c1-27(31(2,28)29)8-13(11-4-3-10(18)5-12(11)19)24-17-22-6-9(7-23-17)15-25-26-16(30-15)14(20)21/h3-7,13-14H,8H2,1-2H3,(H,22,23,24). The van der Waals surface area contributed by atoms with Crippen LogP contribution in [0, 0.1) is 11.6 Å². The van der Waals surface area contributed by atoms with Gasteiger partial charge >= 0.3 is 6.43 Å². The van der Waals surface area contributed by atoms with E-state index in [1.807, 2.05) is 0 Å². The first kappa shape index (κ1) is 22.6. The third-order valence-electron chi connectivity index (χ3n) is 4.17. The van der Waals surface area contributed by atoms with Gasteiger partial charge in [-0.05, 0) is 6.07 Å². The fourth-order valence-corrected chi connectivity index (χ4v) is 2.93. The topological polar surface area (TPSA) is 114 Å². The Morgan fingerprint density at radius 1 is 1.16 bits per heavy atom. The van der Waals surface area contributed by atoms with Gasteiger partial charge in [0, 0.05) is 37.6 Å². The number of alkyl halides is 2. The second-order valence-corrected chi connectivity index (χ2v) is 8.54. The number of nitrogens with zero attached hydrogens (tertiary/aromatic N) is 5. The molecule has 166 valence electrons. The lowest BCUT2D eigenvalue weighted by atomic mass is 10.1. The van der Waals surface area contributed by atoms with Crippen LogP contribution in [0.25, 0.3) is 11.5 Å². The van der Waals surface area contributed by atoms with Gasteiger partial charge in [-0.15, -0.1) is 10.2 Å². The third kappa shape index (κ3) is 5.52. The molecule has 1 aromatic carbocycles. The molecule has 2 aromatic heterocycles. The van der Waals surface area contributed by atoms with E-state index < -0.39 is 40.0 Å². The van der Waals surface area contributed by atoms with Gasteiger partial charge in [0.2, 0.25) is 16.0 Å². The van der Waals surface area contributed by atoms with E-state index in [0.29, 0.717) is 6.07 Å². The zero-order valence-electron chi connectivity index (χ0n) is 16.1. The predicted octanol–water partition coefficient (Wildman–Crippen LogP) is 2.79. The van der Waals surface area contributed by atoms with Gasteiger partial charge in [-0.1, -0.05) is 6.07 Å². The van der Waals surface area contributed by atoms with Crippen LogP contribution in [0.4, 0.5) is 23.5 Å². The maximum absolute atomic E-state index is 14.3. The fourth-order valence-electron chi connectivity index (χ4n) is 2.51. The Hall–Kier alpha value is -3.13. The Kier molecular flexibility index (Phi) is 6.50. The van der Waals surface area contributed by atoms with E-state index in [1.165, 1.54) is 25.5 Å². The molecule has 9 nitrogen and oxygen atoms in total. The number of hydrogen-bond donors (Lipinski definition) is 1. The number of benzene rings is 1. The van der Waals surface area contributed by atoms with Crippen molar-refractivity contribution in [3.05, 3.63) is 53.7 Å². The maximum atomic E-state index is 14.3. The molecule has 3 rings (SSSR count). The zero-order chi connectivity index (χ0) is 22.8. The summed E-state index contributed by atoms with van der Waals surface area (Å²) in [5.74, 6) is -2.79. The number of halogens is 4. The maximum Gasteiger partial charge on any atom is 0.314 e. The molecule has 0 aliphatic heterocycles. The first-order chi connectivity index (χ1) is 14.5. The highest BCUT2D eigenvalue weighted by atomic mass is 32.2. The van der Waals surface area contributed by atoms with Crippen LogP contribution >= 0.6 is 0 Å². The van der Waals surface area contributed by atoms with Crippen molar-refractivity contribution in [2.75, 3.05) is 25.2 Å². The number of hydrogen-bond acceptors (Lipinski definition) is 8. The smallest absolute Gasteiger partial charge is 0.314 e. The fraction of sp³-hybridized carbons (Fsp3) is 0.294. The summed E-state index contributed by atoms with van der Waals surface area (Å²) in [5, 5.41) is 9.46. The summed E-state index contributed by atoms with van der Waals surface area (Å²) < 4.78 is 82.1. The number of rotatable bonds is 8. The summed E-state index contributed by atoms with van der Waals surface area (Å²) in [6, 6.07) is 1.91. The highest BCUT2D eigenvalue weighted by Gasteiger charge is 2.23. The molecule has 31 heavy (non-hydrogen) atoms. The minimum Gasteiger partial charge on any atom is -0.415 e. The Balaban J connectivity index is 1.86. The van der Waals surface area contributed by atoms with Gasteiger partial charge in [0.25, 0.3) is 11.8 Å². The summed E-state index contributed by atoms with van der Waals surface area (Å²) in [4.78, 5) is 7.98. The van der Waals surface area contributed by atoms with Gasteiger partial charge in [0.15, 0.2) is 0 Å². The Labute approximate surface area is 174 Å². The molecule has 0 spiro atoms. The summed E-state index contributed by atoms with van der Waals surface area (Å²) in [6.07, 6.45) is 0.461. The molecule has 1 atom stereocenters. The van der Waals surface area contributed by atoms with Gasteiger partial charge in [0.05, 0.1) is 17.9 Å². The lowest BCUT2D eigenvalue weighted by Crippen LogP contribution is -2.33. The van der Waals surface area contributed by atoms with Gasteiger partial charge < -0.3 is 9.73 Å². The minimum absolute atomic E-state index is 0.0111. The molecule has 0 fully saturated rings. The monoisotopic (exact) mass is 460 g/mol. The van der Waals surface area contributed by atoms with Crippen LogP contribution in [0.3, 0.4) is 0 Å². The molecule has 0 saturated carbocycles.